The molecule has 0 spiro atoms. The van der Waals surface area contributed by atoms with Gasteiger partial charge in [0.05, 0.1) is 10.9 Å². The molecular weight excluding hydrogens is 268 g/mol. The van der Waals surface area contributed by atoms with Gasteiger partial charge in [0.15, 0.2) is 0 Å². The highest BCUT2D eigenvalue weighted by Crippen LogP contribution is 2.39. The van der Waals surface area contributed by atoms with E-state index in [1.807, 2.05) is 11.3 Å². The Kier molecular flexibility index (Phi) is 5.66. The lowest BCUT2D eigenvalue weighted by atomic mass is 10.4. The van der Waals surface area contributed by atoms with E-state index in [0.717, 1.165) is 13.1 Å². The maximum absolute atomic E-state index is 4.76. The maximum Gasteiger partial charge on any atom is 0.107 e. The molecule has 1 aliphatic rings. The molecule has 1 aliphatic heterocycles. The molecule has 0 aliphatic carbocycles. The molecule has 96 valence electrons. The van der Waals surface area contributed by atoms with Gasteiger partial charge >= 0.3 is 0 Å². The molecule has 5 heteroatoms. The number of nitrogens with one attached hydrogen (secondary N) is 1. The van der Waals surface area contributed by atoms with E-state index in [2.05, 4.69) is 42.7 Å². The summed E-state index contributed by atoms with van der Waals surface area (Å²) in [5.74, 6) is 3.81. The lowest BCUT2D eigenvalue weighted by Gasteiger charge is -2.18. The van der Waals surface area contributed by atoms with Crippen LogP contribution in [0.25, 0.3) is 0 Å². The first-order chi connectivity index (χ1) is 8.31. The summed E-state index contributed by atoms with van der Waals surface area (Å²) in [7, 11) is 0. The summed E-state index contributed by atoms with van der Waals surface area (Å²) in [6.07, 6.45) is 1.19. The third kappa shape index (κ3) is 3.88. The van der Waals surface area contributed by atoms with Crippen LogP contribution in [0.2, 0.25) is 0 Å². The van der Waals surface area contributed by atoms with E-state index in [0.29, 0.717) is 5.25 Å². The van der Waals surface area contributed by atoms with Gasteiger partial charge in [-0.25, -0.2) is 4.98 Å². The zero-order chi connectivity index (χ0) is 12.1. The SMILES string of the molecule is CCCNCc1sc(C2CSCCS2)nc1C. The van der Waals surface area contributed by atoms with Crippen LogP contribution in [-0.4, -0.2) is 28.8 Å². The summed E-state index contributed by atoms with van der Waals surface area (Å²) in [6.45, 7) is 6.43. The number of rotatable bonds is 5. The quantitative estimate of drug-likeness (QED) is 0.839. The van der Waals surface area contributed by atoms with Gasteiger partial charge in [-0.05, 0) is 19.9 Å². The molecule has 0 amide bonds. The average molecular weight is 289 g/mol. The molecule has 0 saturated carbocycles. The van der Waals surface area contributed by atoms with Gasteiger partial charge in [-0.2, -0.15) is 11.8 Å². The van der Waals surface area contributed by atoms with Crippen LogP contribution in [0.1, 0.15) is 34.2 Å². The molecule has 1 unspecified atom stereocenters. The first kappa shape index (κ1) is 13.7. The largest absolute Gasteiger partial charge is 0.312 e. The van der Waals surface area contributed by atoms with Crippen LogP contribution in [0.3, 0.4) is 0 Å². The van der Waals surface area contributed by atoms with Gasteiger partial charge in [0, 0.05) is 28.7 Å². The van der Waals surface area contributed by atoms with Gasteiger partial charge in [0.1, 0.15) is 5.01 Å². The first-order valence-electron chi connectivity index (χ1n) is 6.17. The fourth-order valence-electron chi connectivity index (χ4n) is 1.76. The van der Waals surface area contributed by atoms with E-state index in [4.69, 9.17) is 4.98 Å². The number of thioether (sulfide) groups is 2. The van der Waals surface area contributed by atoms with Gasteiger partial charge in [-0.1, -0.05) is 6.92 Å². The van der Waals surface area contributed by atoms with Crippen LogP contribution in [0.4, 0.5) is 0 Å². The number of aryl methyl sites for hydroxylation is 1. The molecule has 2 rings (SSSR count). The highest BCUT2D eigenvalue weighted by atomic mass is 32.2. The number of aromatic nitrogens is 1. The molecule has 2 nitrogen and oxygen atoms in total. The molecule has 0 aromatic carbocycles. The summed E-state index contributed by atoms with van der Waals surface area (Å²) in [6, 6.07) is 0. The zero-order valence-corrected chi connectivity index (χ0v) is 12.9. The van der Waals surface area contributed by atoms with Crippen LogP contribution >= 0.6 is 34.9 Å². The van der Waals surface area contributed by atoms with Crippen LogP contribution in [0.15, 0.2) is 0 Å². The monoisotopic (exact) mass is 288 g/mol. The van der Waals surface area contributed by atoms with Crippen molar-refractivity contribution in [1.82, 2.24) is 10.3 Å². The summed E-state index contributed by atoms with van der Waals surface area (Å²) in [5.41, 5.74) is 1.23. The van der Waals surface area contributed by atoms with Crippen molar-refractivity contribution in [2.75, 3.05) is 23.8 Å². The van der Waals surface area contributed by atoms with Crippen LogP contribution in [0, 0.1) is 6.92 Å². The highest BCUT2D eigenvalue weighted by molar-refractivity contribution is 8.06. The predicted molar refractivity (Wildman–Crippen MR) is 81.4 cm³/mol. The minimum atomic E-state index is 0.636. The molecule has 1 atom stereocenters. The molecule has 1 N–H and O–H groups in total. The fraction of sp³-hybridized carbons (Fsp3) is 0.750. The van der Waals surface area contributed by atoms with Gasteiger partial charge in [0.25, 0.3) is 0 Å². The van der Waals surface area contributed by atoms with Crippen LogP contribution in [-0.2, 0) is 6.54 Å². The molecule has 0 radical (unpaired) electrons. The second-order valence-corrected chi connectivity index (χ2v) is 7.75. The number of nitrogens with zero attached hydrogens (tertiary/aromatic N) is 1. The standard InChI is InChI=1S/C12H20N2S3/c1-3-4-13-7-10-9(2)14-12(17-10)11-8-15-5-6-16-11/h11,13H,3-8H2,1-2H3. The second-order valence-electron chi connectivity index (χ2n) is 4.17. The smallest absolute Gasteiger partial charge is 0.107 e. The van der Waals surface area contributed by atoms with Gasteiger partial charge in [0.2, 0.25) is 0 Å². The number of hydrogen-bond donors (Lipinski definition) is 1. The third-order valence-corrected chi connectivity index (χ3v) is 6.90. The Balaban J connectivity index is 1.96. The minimum absolute atomic E-state index is 0.636. The number of thiazole rings is 1. The molecule has 2 heterocycles. The Morgan fingerprint density at radius 1 is 1.41 bits per heavy atom. The molecule has 1 saturated heterocycles. The van der Waals surface area contributed by atoms with Gasteiger partial charge < -0.3 is 5.32 Å². The molecule has 0 bridgehead atoms. The van der Waals surface area contributed by atoms with Crippen molar-refractivity contribution in [3.8, 4) is 0 Å². The van der Waals surface area contributed by atoms with Crippen molar-refractivity contribution >= 4 is 34.9 Å². The van der Waals surface area contributed by atoms with Crippen molar-refractivity contribution in [2.24, 2.45) is 0 Å². The van der Waals surface area contributed by atoms with Crippen molar-refractivity contribution in [3.63, 3.8) is 0 Å². The van der Waals surface area contributed by atoms with Crippen molar-refractivity contribution in [2.45, 2.75) is 32.1 Å². The van der Waals surface area contributed by atoms with E-state index in [-0.39, 0.29) is 0 Å². The minimum Gasteiger partial charge on any atom is -0.312 e. The predicted octanol–water partition coefficient (Wildman–Crippen LogP) is 3.47. The molecule has 1 fully saturated rings. The van der Waals surface area contributed by atoms with E-state index in [1.165, 1.54) is 39.3 Å². The molecule has 1 aromatic heterocycles. The second kappa shape index (κ2) is 7.02. The van der Waals surface area contributed by atoms with Crippen LogP contribution < -0.4 is 5.32 Å². The Morgan fingerprint density at radius 2 is 2.29 bits per heavy atom. The summed E-state index contributed by atoms with van der Waals surface area (Å²) >= 11 is 6.05. The Labute approximate surface area is 116 Å². The fourth-order valence-corrected chi connectivity index (χ4v) is 5.78. The van der Waals surface area contributed by atoms with Crippen molar-refractivity contribution < 1.29 is 0 Å². The van der Waals surface area contributed by atoms with E-state index in [1.54, 1.807) is 0 Å². The normalized spacial score (nSPS) is 20.7. The molecule has 17 heavy (non-hydrogen) atoms. The zero-order valence-electron chi connectivity index (χ0n) is 10.5. The number of hydrogen-bond acceptors (Lipinski definition) is 5. The maximum atomic E-state index is 4.76. The topological polar surface area (TPSA) is 24.9 Å². The molecular formula is C12H20N2S3. The third-order valence-electron chi connectivity index (χ3n) is 2.71. The van der Waals surface area contributed by atoms with Crippen LogP contribution in [0.5, 0.6) is 0 Å². The summed E-state index contributed by atoms with van der Waals surface area (Å²) in [5, 5.41) is 5.44. The summed E-state index contributed by atoms with van der Waals surface area (Å²) < 4.78 is 0. The van der Waals surface area contributed by atoms with Crippen molar-refractivity contribution in [3.05, 3.63) is 15.6 Å². The van der Waals surface area contributed by atoms with E-state index >= 15 is 0 Å². The van der Waals surface area contributed by atoms with Gasteiger partial charge in [-0.15, -0.1) is 23.1 Å². The Morgan fingerprint density at radius 3 is 3.00 bits per heavy atom. The van der Waals surface area contributed by atoms with E-state index in [9.17, 15) is 0 Å². The Hall–Kier alpha value is 0.290. The lowest BCUT2D eigenvalue weighted by Crippen LogP contribution is -2.13. The first-order valence-corrected chi connectivity index (χ1v) is 9.19. The lowest BCUT2D eigenvalue weighted by molar-refractivity contribution is 0.678. The molecule has 1 aromatic rings. The Bertz CT molecular complexity index is 346. The van der Waals surface area contributed by atoms with Gasteiger partial charge in [-0.3, -0.25) is 0 Å². The highest BCUT2D eigenvalue weighted by Gasteiger charge is 2.20. The van der Waals surface area contributed by atoms with E-state index < -0.39 is 0 Å². The average Bonchev–Trinajstić information content (AvgIpc) is 2.73. The summed E-state index contributed by atoms with van der Waals surface area (Å²) in [4.78, 5) is 6.18. The van der Waals surface area contributed by atoms with Crippen molar-refractivity contribution in [1.29, 1.82) is 0 Å².